The highest BCUT2D eigenvalue weighted by Crippen LogP contribution is 2.15. The number of ether oxygens (including phenoxy) is 1. The minimum absolute atomic E-state index is 0.107. The van der Waals surface area contributed by atoms with Crippen LogP contribution in [0.5, 0.6) is 5.75 Å². The lowest BCUT2D eigenvalue weighted by atomic mass is 10.3. The normalized spacial score (nSPS) is 11.2. The molecule has 0 saturated heterocycles. The van der Waals surface area contributed by atoms with Gasteiger partial charge in [0, 0.05) is 18.5 Å². The van der Waals surface area contributed by atoms with Gasteiger partial charge in [0.05, 0.1) is 29.1 Å². The summed E-state index contributed by atoms with van der Waals surface area (Å²) in [7, 11) is -2.10. The summed E-state index contributed by atoms with van der Waals surface area (Å²) in [6.07, 6.45) is 0.190. The highest BCUT2D eigenvalue weighted by atomic mass is 32.2. The third-order valence-corrected chi connectivity index (χ3v) is 5.42. The third-order valence-electron chi connectivity index (χ3n) is 3.12. The number of thiazole rings is 1. The van der Waals surface area contributed by atoms with Crippen molar-refractivity contribution in [3.63, 3.8) is 0 Å². The first-order valence-electron chi connectivity index (χ1n) is 7.22. The average molecular weight is 369 g/mol. The van der Waals surface area contributed by atoms with E-state index in [9.17, 15) is 13.2 Å². The lowest BCUT2D eigenvalue weighted by Gasteiger charge is -2.08. The van der Waals surface area contributed by atoms with Crippen LogP contribution in [0.3, 0.4) is 0 Å². The van der Waals surface area contributed by atoms with E-state index in [1.807, 2.05) is 12.3 Å². The fourth-order valence-electron chi connectivity index (χ4n) is 1.94. The van der Waals surface area contributed by atoms with E-state index in [2.05, 4.69) is 15.0 Å². The molecule has 1 heterocycles. The van der Waals surface area contributed by atoms with Crippen LogP contribution in [0.15, 0.2) is 34.5 Å². The Labute approximate surface area is 145 Å². The second-order valence-electron chi connectivity index (χ2n) is 4.96. The number of methoxy groups -OCH3 is 1. The van der Waals surface area contributed by atoms with Crippen molar-refractivity contribution in [3.8, 4) is 5.75 Å². The van der Waals surface area contributed by atoms with Crippen molar-refractivity contribution in [1.29, 1.82) is 0 Å². The Balaban J connectivity index is 1.77. The highest BCUT2D eigenvalue weighted by molar-refractivity contribution is 7.89. The summed E-state index contributed by atoms with van der Waals surface area (Å²) in [5, 5.41) is 5.40. The summed E-state index contributed by atoms with van der Waals surface area (Å²) in [5.41, 5.74) is 0.716. The van der Waals surface area contributed by atoms with E-state index in [0.717, 1.165) is 5.01 Å². The number of rotatable bonds is 8. The van der Waals surface area contributed by atoms with Crippen LogP contribution in [0.2, 0.25) is 0 Å². The summed E-state index contributed by atoms with van der Waals surface area (Å²) in [5.74, 6) is 0.391. The summed E-state index contributed by atoms with van der Waals surface area (Å²) < 4.78 is 31.6. The maximum Gasteiger partial charge on any atom is 0.240 e. The largest absolute Gasteiger partial charge is 0.497 e. The molecule has 2 N–H and O–H groups in total. The molecule has 9 heteroatoms. The van der Waals surface area contributed by atoms with Crippen LogP contribution in [0.4, 0.5) is 0 Å². The van der Waals surface area contributed by atoms with Gasteiger partial charge in [0.1, 0.15) is 5.75 Å². The van der Waals surface area contributed by atoms with Gasteiger partial charge in [0.2, 0.25) is 15.9 Å². The number of carbonyl (C=O) groups excluding carboxylic acids is 1. The number of amides is 1. The number of benzene rings is 1. The maximum atomic E-state index is 12.1. The smallest absolute Gasteiger partial charge is 0.240 e. The highest BCUT2D eigenvalue weighted by Gasteiger charge is 2.13. The molecule has 0 aliphatic carbocycles. The Kier molecular flexibility index (Phi) is 6.29. The number of hydrogen-bond donors (Lipinski definition) is 2. The van der Waals surface area contributed by atoms with Gasteiger partial charge >= 0.3 is 0 Å². The van der Waals surface area contributed by atoms with Gasteiger partial charge in [0.25, 0.3) is 0 Å². The molecule has 24 heavy (non-hydrogen) atoms. The molecule has 0 aliphatic heterocycles. The zero-order valence-electron chi connectivity index (χ0n) is 13.4. The SMILES string of the molecule is COc1ccc(S(=O)(=O)NCCNC(=O)Cc2csc(C)n2)cc1. The van der Waals surface area contributed by atoms with Crippen molar-refractivity contribution in [1.82, 2.24) is 15.0 Å². The molecule has 0 atom stereocenters. The van der Waals surface area contributed by atoms with Crippen molar-refractivity contribution in [3.05, 3.63) is 40.3 Å². The van der Waals surface area contributed by atoms with Crippen molar-refractivity contribution in [2.45, 2.75) is 18.2 Å². The summed E-state index contributed by atoms with van der Waals surface area (Å²) in [6.45, 7) is 2.19. The Bertz CT molecular complexity index is 785. The Morgan fingerprint density at radius 2 is 1.96 bits per heavy atom. The predicted octanol–water partition coefficient (Wildman–Crippen LogP) is 1.10. The van der Waals surface area contributed by atoms with E-state index < -0.39 is 10.0 Å². The molecular weight excluding hydrogens is 350 g/mol. The van der Waals surface area contributed by atoms with Crippen LogP contribution >= 0.6 is 11.3 Å². The summed E-state index contributed by atoms with van der Waals surface area (Å²) in [6, 6.07) is 6.08. The van der Waals surface area contributed by atoms with Gasteiger partial charge in [-0.05, 0) is 31.2 Å². The molecule has 1 aromatic carbocycles. The number of aryl methyl sites for hydroxylation is 1. The monoisotopic (exact) mass is 369 g/mol. The minimum atomic E-state index is -3.61. The minimum Gasteiger partial charge on any atom is -0.497 e. The summed E-state index contributed by atoms with van der Waals surface area (Å²) in [4.78, 5) is 16.1. The van der Waals surface area contributed by atoms with Crippen LogP contribution in [-0.2, 0) is 21.2 Å². The standard InChI is InChI=1S/C15H19N3O4S2/c1-11-18-12(10-23-11)9-15(19)16-7-8-17-24(20,21)14-5-3-13(22-2)4-6-14/h3-6,10,17H,7-9H2,1-2H3,(H,16,19). The molecule has 0 radical (unpaired) electrons. The van der Waals surface area contributed by atoms with Crippen LogP contribution < -0.4 is 14.8 Å². The van der Waals surface area contributed by atoms with Gasteiger partial charge in [-0.1, -0.05) is 0 Å². The molecule has 0 unspecified atom stereocenters. The molecule has 2 aromatic rings. The first-order valence-corrected chi connectivity index (χ1v) is 9.58. The van der Waals surface area contributed by atoms with E-state index in [4.69, 9.17) is 4.74 Å². The first kappa shape index (κ1) is 18.4. The van der Waals surface area contributed by atoms with E-state index in [0.29, 0.717) is 11.4 Å². The van der Waals surface area contributed by atoms with E-state index in [1.165, 1.54) is 30.6 Å². The molecule has 0 aliphatic rings. The number of hydrogen-bond acceptors (Lipinski definition) is 6. The van der Waals surface area contributed by atoms with E-state index in [1.54, 1.807) is 12.1 Å². The Morgan fingerprint density at radius 1 is 1.25 bits per heavy atom. The van der Waals surface area contributed by atoms with Gasteiger partial charge in [-0.25, -0.2) is 18.1 Å². The van der Waals surface area contributed by atoms with Crippen LogP contribution in [0.25, 0.3) is 0 Å². The first-order chi connectivity index (χ1) is 11.4. The van der Waals surface area contributed by atoms with Gasteiger partial charge in [-0.2, -0.15) is 0 Å². The van der Waals surface area contributed by atoms with Gasteiger partial charge in [-0.3, -0.25) is 4.79 Å². The van der Waals surface area contributed by atoms with Gasteiger partial charge < -0.3 is 10.1 Å². The lowest BCUT2D eigenvalue weighted by Crippen LogP contribution is -2.35. The zero-order valence-corrected chi connectivity index (χ0v) is 15.0. The number of aromatic nitrogens is 1. The topological polar surface area (TPSA) is 97.4 Å². The van der Waals surface area contributed by atoms with Crippen molar-refractivity contribution >= 4 is 27.3 Å². The molecule has 0 bridgehead atoms. The molecule has 1 aromatic heterocycles. The molecule has 130 valence electrons. The zero-order chi connectivity index (χ0) is 17.6. The second-order valence-corrected chi connectivity index (χ2v) is 7.79. The lowest BCUT2D eigenvalue weighted by molar-refractivity contribution is -0.120. The van der Waals surface area contributed by atoms with Gasteiger partial charge in [0.15, 0.2) is 0 Å². The Morgan fingerprint density at radius 3 is 2.54 bits per heavy atom. The molecule has 0 spiro atoms. The number of sulfonamides is 1. The number of nitrogens with one attached hydrogen (secondary N) is 2. The number of carbonyl (C=O) groups is 1. The van der Waals surface area contributed by atoms with Gasteiger partial charge in [-0.15, -0.1) is 11.3 Å². The summed E-state index contributed by atoms with van der Waals surface area (Å²) >= 11 is 1.49. The predicted molar refractivity (Wildman–Crippen MR) is 91.7 cm³/mol. The van der Waals surface area contributed by atoms with E-state index in [-0.39, 0.29) is 30.3 Å². The fraction of sp³-hybridized carbons (Fsp3) is 0.333. The van der Waals surface area contributed by atoms with E-state index >= 15 is 0 Å². The molecule has 7 nitrogen and oxygen atoms in total. The fourth-order valence-corrected chi connectivity index (χ4v) is 3.59. The molecular formula is C15H19N3O4S2. The average Bonchev–Trinajstić information content (AvgIpc) is 2.96. The van der Waals surface area contributed by atoms with Crippen LogP contribution in [-0.4, -0.2) is 39.5 Å². The quantitative estimate of drug-likeness (QED) is 0.679. The molecule has 0 fully saturated rings. The Hall–Kier alpha value is -1.97. The van der Waals surface area contributed by atoms with Crippen molar-refractivity contribution < 1.29 is 17.9 Å². The second kappa shape index (κ2) is 8.22. The third kappa shape index (κ3) is 5.29. The molecule has 1 amide bonds. The molecule has 2 rings (SSSR count). The molecule has 0 saturated carbocycles. The van der Waals surface area contributed by atoms with Crippen molar-refractivity contribution in [2.24, 2.45) is 0 Å². The van der Waals surface area contributed by atoms with Crippen LogP contribution in [0, 0.1) is 6.92 Å². The van der Waals surface area contributed by atoms with Crippen LogP contribution in [0.1, 0.15) is 10.7 Å². The number of nitrogens with zero attached hydrogens (tertiary/aromatic N) is 1. The van der Waals surface area contributed by atoms with Crippen molar-refractivity contribution in [2.75, 3.05) is 20.2 Å². The maximum absolute atomic E-state index is 12.1.